The second-order valence-electron chi connectivity index (χ2n) is 7.81. The van der Waals surface area contributed by atoms with E-state index in [-0.39, 0.29) is 24.4 Å². The Labute approximate surface area is 158 Å². The molecule has 1 saturated heterocycles. The number of nitrogens with one attached hydrogen (secondary N) is 1. The quantitative estimate of drug-likeness (QED) is 0.835. The van der Waals surface area contributed by atoms with E-state index in [4.69, 9.17) is 9.47 Å². The highest BCUT2D eigenvalue weighted by Crippen LogP contribution is 2.46. The van der Waals surface area contributed by atoms with E-state index in [1.54, 1.807) is 4.68 Å². The molecular weight excluding hydrogens is 346 g/mol. The minimum Gasteiger partial charge on any atom is -0.491 e. The van der Waals surface area contributed by atoms with Crippen LogP contribution < -0.4 is 10.1 Å². The van der Waals surface area contributed by atoms with Crippen LogP contribution in [0.5, 0.6) is 5.75 Å². The van der Waals surface area contributed by atoms with Gasteiger partial charge in [-0.3, -0.25) is 14.3 Å². The van der Waals surface area contributed by atoms with E-state index < -0.39 is 11.5 Å². The molecular formula is C20H25N3O4. The number of carbonyl (C=O) groups is 2. The largest absolute Gasteiger partial charge is 0.491 e. The molecule has 1 aromatic carbocycles. The summed E-state index contributed by atoms with van der Waals surface area (Å²) in [5.74, 6) is 0.343. The summed E-state index contributed by atoms with van der Waals surface area (Å²) in [4.78, 5) is 24.8. The lowest BCUT2D eigenvalue weighted by atomic mass is 9.85. The summed E-state index contributed by atoms with van der Waals surface area (Å²) in [6, 6.07) is 5.69. The molecule has 1 N–H and O–H groups in total. The van der Waals surface area contributed by atoms with E-state index in [1.807, 2.05) is 39.1 Å². The van der Waals surface area contributed by atoms with Gasteiger partial charge in [0, 0.05) is 18.5 Å². The third-order valence-electron chi connectivity index (χ3n) is 5.53. The van der Waals surface area contributed by atoms with Gasteiger partial charge < -0.3 is 14.8 Å². The zero-order valence-electron chi connectivity index (χ0n) is 15.9. The third kappa shape index (κ3) is 3.15. The van der Waals surface area contributed by atoms with Gasteiger partial charge in [-0.25, -0.2) is 0 Å². The molecule has 1 spiro atoms. The van der Waals surface area contributed by atoms with Crippen molar-refractivity contribution < 1.29 is 19.1 Å². The van der Waals surface area contributed by atoms with Crippen molar-refractivity contribution in [3.8, 4) is 5.75 Å². The van der Waals surface area contributed by atoms with Gasteiger partial charge in [0.2, 0.25) is 5.91 Å². The smallest absolute Gasteiger partial charge is 0.307 e. The fourth-order valence-electron chi connectivity index (χ4n) is 4.33. The molecule has 1 aliphatic heterocycles. The molecule has 1 atom stereocenters. The number of hydrogen-bond acceptors (Lipinski definition) is 5. The lowest BCUT2D eigenvalue weighted by Crippen LogP contribution is -2.39. The van der Waals surface area contributed by atoms with Crippen LogP contribution in [0, 0.1) is 5.92 Å². The average molecular weight is 371 g/mol. The van der Waals surface area contributed by atoms with Crippen molar-refractivity contribution in [2.45, 2.75) is 57.7 Å². The van der Waals surface area contributed by atoms with E-state index in [1.165, 1.54) is 0 Å². The molecule has 2 aliphatic rings. The van der Waals surface area contributed by atoms with Crippen LogP contribution in [0.1, 0.15) is 46.0 Å². The Hall–Kier alpha value is -2.57. The summed E-state index contributed by atoms with van der Waals surface area (Å²) in [7, 11) is 1.83. The zero-order valence-corrected chi connectivity index (χ0v) is 15.9. The van der Waals surface area contributed by atoms with E-state index in [0.29, 0.717) is 5.82 Å². The number of amides is 1. The molecule has 1 saturated carbocycles. The van der Waals surface area contributed by atoms with Gasteiger partial charge in [0.05, 0.1) is 24.0 Å². The number of hydrogen-bond donors (Lipinski definition) is 1. The topological polar surface area (TPSA) is 82.4 Å². The van der Waals surface area contributed by atoms with Crippen LogP contribution in [0.2, 0.25) is 0 Å². The molecule has 1 aromatic heterocycles. The standard InChI is InChI=1S/C20H25N3O4/c1-12(2)26-13-6-7-14-16(10-13)23(3)22-18(14)21-19(25)15-11-17(24)27-20(15)8-4-5-9-20/h6-7,10,12,15H,4-5,8-9,11H2,1-3H3,(H,21,22,25). The van der Waals surface area contributed by atoms with Crippen molar-refractivity contribution in [3.05, 3.63) is 18.2 Å². The minimum atomic E-state index is -0.621. The lowest BCUT2D eigenvalue weighted by Gasteiger charge is -2.27. The summed E-state index contributed by atoms with van der Waals surface area (Å²) in [6.45, 7) is 3.95. The molecule has 0 bridgehead atoms. The van der Waals surface area contributed by atoms with Crippen molar-refractivity contribution >= 4 is 28.6 Å². The Bertz CT molecular complexity index is 896. The molecule has 144 valence electrons. The van der Waals surface area contributed by atoms with E-state index in [2.05, 4.69) is 10.4 Å². The van der Waals surface area contributed by atoms with Gasteiger partial charge in [0.25, 0.3) is 0 Å². The fraction of sp³-hybridized carbons (Fsp3) is 0.550. The lowest BCUT2D eigenvalue weighted by molar-refractivity contribution is -0.149. The number of carbonyl (C=O) groups excluding carboxylic acids is 2. The Kier molecular flexibility index (Phi) is 4.32. The first kappa shape index (κ1) is 17.8. The van der Waals surface area contributed by atoms with Crippen LogP contribution in [0.15, 0.2) is 18.2 Å². The molecule has 2 fully saturated rings. The van der Waals surface area contributed by atoms with Crippen LogP contribution in [0.4, 0.5) is 5.82 Å². The van der Waals surface area contributed by atoms with Gasteiger partial charge in [0.1, 0.15) is 11.4 Å². The highest BCUT2D eigenvalue weighted by Gasteiger charge is 2.54. The van der Waals surface area contributed by atoms with Gasteiger partial charge >= 0.3 is 5.97 Å². The Morgan fingerprint density at radius 2 is 2.11 bits per heavy atom. The molecule has 7 nitrogen and oxygen atoms in total. The van der Waals surface area contributed by atoms with Gasteiger partial charge in [-0.05, 0) is 51.7 Å². The highest BCUT2D eigenvalue weighted by molar-refractivity contribution is 6.02. The summed E-state index contributed by atoms with van der Waals surface area (Å²) in [5, 5.41) is 8.24. The first-order chi connectivity index (χ1) is 12.9. The molecule has 1 aliphatic carbocycles. The summed E-state index contributed by atoms with van der Waals surface area (Å²) < 4.78 is 13.0. The number of fused-ring (bicyclic) bond motifs is 1. The van der Waals surface area contributed by atoms with Crippen LogP contribution >= 0.6 is 0 Å². The van der Waals surface area contributed by atoms with Gasteiger partial charge in [0.15, 0.2) is 5.82 Å². The second kappa shape index (κ2) is 6.55. The van der Waals surface area contributed by atoms with Crippen LogP contribution in [-0.4, -0.2) is 33.4 Å². The summed E-state index contributed by atoms with van der Waals surface area (Å²) in [6.07, 6.45) is 3.72. The Morgan fingerprint density at radius 1 is 1.37 bits per heavy atom. The van der Waals surface area contributed by atoms with Crippen molar-refractivity contribution in [1.29, 1.82) is 0 Å². The summed E-state index contributed by atoms with van der Waals surface area (Å²) >= 11 is 0. The monoisotopic (exact) mass is 371 g/mol. The maximum atomic E-state index is 13.0. The highest BCUT2D eigenvalue weighted by atomic mass is 16.6. The van der Waals surface area contributed by atoms with E-state index >= 15 is 0 Å². The van der Waals surface area contributed by atoms with E-state index in [0.717, 1.165) is 42.3 Å². The number of aryl methyl sites for hydroxylation is 1. The molecule has 7 heteroatoms. The molecule has 0 radical (unpaired) electrons. The number of rotatable bonds is 4. The molecule has 4 rings (SSSR count). The predicted molar refractivity (Wildman–Crippen MR) is 101 cm³/mol. The number of aromatic nitrogens is 2. The van der Waals surface area contributed by atoms with Crippen LogP contribution in [0.25, 0.3) is 10.9 Å². The first-order valence-electron chi connectivity index (χ1n) is 9.54. The number of anilines is 1. The third-order valence-corrected chi connectivity index (χ3v) is 5.53. The minimum absolute atomic E-state index is 0.0809. The molecule has 2 heterocycles. The predicted octanol–water partition coefficient (Wildman–Crippen LogP) is 3.17. The number of esters is 1. The SMILES string of the molecule is CC(C)Oc1ccc2c(NC(=O)C3CC(=O)OC34CCCC4)nn(C)c2c1. The number of ether oxygens (including phenoxy) is 2. The van der Waals surface area contributed by atoms with E-state index in [9.17, 15) is 9.59 Å². The van der Waals surface area contributed by atoms with Crippen molar-refractivity contribution in [1.82, 2.24) is 9.78 Å². The van der Waals surface area contributed by atoms with Crippen LogP contribution in [0.3, 0.4) is 0 Å². The van der Waals surface area contributed by atoms with Crippen molar-refractivity contribution in [2.75, 3.05) is 5.32 Å². The average Bonchev–Trinajstić information content (AvgIpc) is 3.27. The van der Waals surface area contributed by atoms with Crippen molar-refractivity contribution in [2.24, 2.45) is 13.0 Å². The zero-order chi connectivity index (χ0) is 19.2. The molecule has 1 amide bonds. The Balaban J connectivity index is 1.60. The molecule has 2 aromatic rings. The van der Waals surface area contributed by atoms with Gasteiger partial charge in [-0.15, -0.1) is 0 Å². The molecule has 27 heavy (non-hydrogen) atoms. The Morgan fingerprint density at radius 3 is 2.81 bits per heavy atom. The first-order valence-corrected chi connectivity index (χ1v) is 9.54. The number of nitrogens with zero attached hydrogens (tertiary/aromatic N) is 2. The molecule has 1 unspecified atom stereocenters. The maximum absolute atomic E-state index is 13.0. The maximum Gasteiger partial charge on any atom is 0.307 e. The van der Waals surface area contributed by atoms with Gasteiger partial charge in [-0.2, -0.15) is 5.10 Å². The normalized spacial score (nSPS) is 21.2. The second-order valence-corrected chi connectivity index (χ2v) is 7.81. The fourth-order valence-corrected chi connectivity index (χ4v) is 4.33. The summed E-state index contributed by atoms with van der Waals surface area (Å²) in [5.41, 5.74) is 0.252. The number of benzene rings is 1. The van der Waals surface area contributed by atoms with Crippen molar-refractivity contribution in [3.63, 3.8) is 0 Å². The van der Waals surface area contributed by atoms with Gasteiger partial charge in [-0.1, -0.05) is 0 Å². The van der Waals surface area contributed by atoms with Crippen LogP contribution in [-0.2, 0) is 21.4 Å².